The highest BCUT2D eigenvalue weighted by Gasteiger charge is 2.34. The van der Waals surface area contributed by atoms with E-state index < -0.39 is 17.6 Å². The van der Waals surface area contributed by atoms with Gasteiger partial charge >= 0.3 is 0 Å². The summed E-state index contributed by atoms with van der Waals surface area (Å²) < 4.78 is 25.8. The zero-order valence-electron chi connectivity index (χ0n) is 35.7. The molecule has 2 N–H and O–H groups in total. The molecule has 10 rings (SSSR count). The van der Waals surface area contributed by atoms with Gasteiger partial charge in [0.2, 0.25) is 23.6 Å². The molecule has 4 bridgehead atoms. The first-order valence-corrected chi connectivity index (χ1v) is 22.2. The highest BCUT2D eigenvalue weighted by atomic mass is 19.1. The molecule has 4 fully saturated rings. The van der Waals surface area contributed by atoms with E-state index in [9.17, 15) is 14.4 Å². The number of halogens is 1. The molecule has 1 saturated carbocycles. The first-order chi connectivity index (χ1) is 30.0. The third-order valence-corrected chi connectivity index (χ3v) is 13.8. The fourth-order valence-electron chi connectivity index (χ4n) is 10.4. The summed E-state index contributed by atoms with van der Waals surface area (Å²) in [6.07, 6.45) is 7.43. The number of amides is 3. The van der Waals surface area contributed by atoms with E-state index in [1.807, 2.05) is 20.9 Å². The first kappa shape index (κ1) is 40.2. The number of imide groups is 1. The van der Waals surface area contributed by atoms with E-state index in [-0.39, 0.29) is 30.3 Å². The van der Waals surface area contributed by atoms with Crippen LogP contribution in [-0.4, -0.2) is 104 Å². The number of rotatable bonds is 5. The van der Waals surface area contributed by atoms with Gasteiger partial charge in [0, 0.05) is 88.8 Å². The Bertz CT molecular complexity index is 2550. The molecule has 5 aliphatic rings. The van der Waals surface area contributed by atoms with Crippen LogP contribution in [0.15, 0.2) is 42.6 Å². The van der Waals surface area contributed by atoms with Crippen molar-refractivity contribution in [2.45, 2.75) is 71.3 Å². The molecule has 1 aliphatic carbocycles. The van der Waals surface area contributed by atoms with Crippen LogP contribution >= 0.6 is 0 Å². The number of carbonyl (C=O) groups is 3. The van der Waals surface area contributed by atoms with Gasteiger partial charge in [0.25, 0.3) is 5.91 Å². The lowest BCUT2D eigenvalue weighted by Gasteiger charge is -2.40. The van der Waals surface area contributed by atoms with Gasteiger partial charge in [-0.25, -0.2) is 14.1 Å². The van der Waals surface area contributed by atoms with Crippen LogP contribution < -0.4 is 25.2 Å². The van der Waals surface area contributed by atoms with E-state index in [0.29, 0.717) is 53.1 Å². The highest BCUT2D eigenvalue weighted by Crippen LogP contribution is 2.38. The fourth-order valence-corrected chi connectivity index (χ4v) is 10.4. The summed E-state index contributed by atoms with van der Waals surface area (Å²) in [5, 5.41) is 9.97. The molecule has 4 aliphatic heterocycles. The lowest BCUT2D eigenvalue weighted by atomic mass is 9.93. The molecule has 4 aromatic heterocycles. The standard InChI is InChI=1S/C46H54FN11O4/c1-27-18-32-20-38(49-27)35-23-48-54(3)45(35)62-26-31-5-4-30(19-31)25-58-40-21-33(6-8-37(40)51-46(58)53-43(32)60)56-16-14-55(15-17-56)24-29-10-12-57(13-11-29)39-22-36(47)42(50-28(39)2)34-7-9-41(59)52-44(34)61/h6,8,18,20-23,29-31,34H,4-5,7,9-17,19,24-26H2,1-3H3,(H,51,53,60)(H,52,59,61)/t30-,31+,34?/m1/s1. The number of anilines is 3. The minimum absolute atomic E-state index is 0.129. The third-order valence-electron chi connectivity index (χ3n) is 13.8. The van der Waals surface area contributed by atoms with Gasteiger partial charge in [-0.05, 0) is 100 Å². The van der Waals surface area contributed by atoms with Crippen molar-refractivity contribution in [1.29, 1.82) is 0 Å². The molecular formula is C46H54FN11O4. The predicted molar refractivity (Wildman–Crippen MR) is 233 cm³/mol. The number of fused-ring (bicyclic) bond motifs is 9. The molecule has 1 aromatic carbocycles. The largest absolute Gasteiger partial charge is 0.477 e. The summed E-state index contributed by atoms with van der Waals surface area (Å²) in [6, 6.07) is 11.6. The lowest BCUT2D eigenvalue weighted by molar-refractivity contribution is -0.134. The van der Waals surface area contributed by atoms with Crippen molar-refractivity contribution >= 4 is 46.1 Å². The van der Waals surface area contributed by atoms with Crippen molar-refractivity contribution in [2.75, 3.05) is 67.5 Å². The average molecular weight is 844 g/mol. The topological polar surface area (TPSA) is 156 Å². The van der Waals surface area contributed by atoms with Crippen LogP contribution in [-0.2, 0) is 23.2 Å². The Hall–Kier alpha value is -5.90. The van der Waals surface area contributed by atoms with E-state index in [2.05, 4.69) is 58.2 Å². The first-order valence-electron chi connectivity index (χ1n) is 22.2. The molecule has 15 nitrogen and oxygen atoms in total. The van der Waals surface area contributed by atoms with Crippen molar-refractivity contribution < 1.29 is 23.5 Å². The van der Waals surface area contributed by atoms with Gasteiger partial charge in [-0.3, -0.25) is 39.9 Å². The Morgan fingerprint density at radius 1 is 0.855 bits per heavy atom. The Balaban J connectivity index is 0.800. The van der Waals surface area contributed by atoms with E-state index >= 15 is 4.39 Å². The number of ether oxygens (including phenoxy) is 1. The number of benzene rings is 1. The molecular weight excluding hydrogens is 790 g/mol. The number of nitrogens with one attached hydrogen (secondary N) is 2. The molecule has 62 heavy (non-hydrogen) atoms. The Morgan fingerprint density at radius 2 is 1.66 bits per heavy atom. The summed E-state index contributed by atoms with van der Waals surface area (Å²) in [5.41, 5.74) is 7.32. The molecule has 3 saturated heterocycles. The molecule has 16 heteroatoms. The van der Waals surface area contributed by atoms with Crippen LogP contribution in [0, 0.1) is 37.4 Å². The molecule has 0 radical (unpaired) electrons. The number of piperazine rings is 1. The Labute approximate surface area is 360 Å². The minimum Gasteiger partial charge on any atom is -0.477 e. The predicted octanol–water partition coefficient (Wildman–Crippen LogP) is 5.60. The smallest absolute Gasteiger partial charge is 0.258 e. The molecule has 3 atom stereocenters. The second kappa shape index (κ2) is 16.4. The summed E-state index contributed by atoms with van der Waals surface area (Å²) in [4.78, 5) is 59.6. The number of aromatic nitrogens is 6. The molecule has 5 aromatic rings. The van der Waals surface area contributed by atoms with Crippen LogP contribution in [0.1, 0.15) is 78.3 Å². The van der Waals surface area contributed by atoms with Crippen LogP contribution in [0.4, 0.5) is 21.7 Å². The fraction of sp³-hybridized carbons (Fsp3) is 0.500. The quantitative estimate of drug-likeness (QED) is 0.213. The van der Waals surface area contributed by atoms with Crippen molar-refractivity contribution in [3.8, 4) is 17.1 Å². The number of nitrogens with zero attached hydrogens (tertiary/aromatic N) is 9. The summed E-state index contributed by atoms with van der Waals surface area (Å²) >= 11 is 0. The normalized spacial score (nSPS) is 22.7. The lowest BCUT2D eigenvalue weighted by Crippen LogP contribution is -2.49. The van der Waals surface area contributed by atoms with E-state index in [1.165, 1.54) is 6.07 Å². The second-order valence-electron chi connectivity index (χ2n) is 18.1. The molecule has 1 unspecified atom stereocenters. The van der Waals surface area contributed by atoms with Crippen molar-refractivity contribution in [3.63, 3.8) is 0 Å². The molecule has 8 heterocycles. The Morgan fingerprint density at radius 3 is 2.47 bits per heavy atom. The maximum absolute atomic E-state index is 15.4. The van der Waals surface area contributed by atoms with E-state index in [1.54, 1.807) is 23.0 Å². The summed E-state index contributed by atoms with van der Waals surface area (Å²) in [7, 11) is 1.87. The Kier molecular flexibility index (Phi) is 10.6. The third kappa shape index (κ3) is 7.88. The number of piperidine rings is 2. The number of carbonyl (C=O) groups excluding carboxylic acids is 3. The van der Waals surface area contributed by atoms with Crippen molar-refractivity contribution in [1.82, 2.24) is 39.5 Å². The average Bonchev–Trinajstić information content (AvgIpc) is 3.97. The zero-order valence-corrected chi connectivity index (χ0v) is 35.7. The van der Waals surface area contributed by atoms with E-state index in [0.717, 1.165) is 118 Å². The molecule has 0 spiro atoms. The number of imidazole rings is 1. The second-order valence-corrected chi connectivity index (χ2v) is 18.1. The van der Waals surface area contributed by atoms with E-state index in [4.69, 9.17) is 14.7 Å². The number of pyridine rings is 2. The molecule has 3 amide bonds. The molecule has 324 valence electrons. The number of aryl methyl sites for hydroxylation is 3. The highest BCUT2D eigenvalue weighted by molar-refractivity contribution is 6.05. The summed E-state index contributed by atoms with van der Waals surface area (Å²) in [5.74, 6) is 0.356. The van der Waals surface area contributed by atoms with Gasteiger partial charge in [0.05, 0.1) is 58.1 Å². The minimum atomic E-state index is -0.741. The van der Waals surface area contributed by atoms with Gasteiger partial charge in [-0.2, -0.15) is 5.10 Å². The van der Waals surface area contributed by atoms with Gasteiger partial charge in [0.15, 0.2) is 0 Å². The van der Waals surface area contributed by atoms with Gasteiger partial charge < -0.3 is 19.1 Å². The van der Waals surface area contributed by atoms with Crippen LogP contribution in [0.25, 0.3) is 22.3 Å². The summed E-state index contributed by atoms with van der Waals surface area (Å²) in [6.45, 7) is 11.6. The van der Waals surface area contributed by atoms with Crippen LogP contribution in [0.3, 0.4) is 0 Å². The SMILES string of the molecule is Cc1cc2cc(n1)-c1cnn(C)c1OC[C@H]1CC[C@H](C1)Cn1c(nc3ccc(N4CCN(CC5CCN(c6cc(F)c(C7CCC(=O)NC7=O)nc6C)CC5)CC4)cc31)NC2=O. The number of hydrogen-bond acceptors (Lipinski definition) is 11. The van der Waals surface area contributed by atoms with Gasteiger partial charge in [0.1, 0.15) is 5.82 Å². The van der Waals surface area contributed by atoms with Crippen LogP contribution in [0.5, 0.6) is 5.88 Å². The van der Waals surface area contributed by atoms with Gasteiger partial charge in [-0.1, -0.05) is 0 Å². The number of hydrogen-bond donors (Lipinski definition) is 2. The maximum atomic E-state index is 15.4. The van der Waals surface area contributed by atoms with Crippen LogP contribution in [0.2, 0.25) is 0 Å². The van der Waals surface area contributed by atoms with Crippen molar-refractivity contribution in [2.24, 2.45) is 24.8 Å². The zero-order chi connectivity index (χ0) is 42.6. The van der Waals surface area contributed by atoms with Crippen molar-refractivity contribution in [3.05, 3.63) is 71.1 Å². The monoisotopic (exact) mass is 843 g/mol. The maximum Gasteiger partial charge on any atom is 0.258 e. The van der Waals surface area contributed by atoms with Gasteiger partial charge in [-0.15, -0.1) is 0 Å².